The molecule has 6 nitrogen and oxygen atoms in total. The first-order valence-corrected chi connectivity index (χ1v) is 9.33. The fourth-order valence-electron chi connectivity index (χ4n) is 3.39. The van der Waals surface area contributed by atoms with Gasteiger partial charge in [0.05, 0.1) is 29.2 Å². The number of ether oxygens (including phenoxy) is 1. The van der Waals surface area contributed by atoms with Crippen LogP contribution in [0.3, 0.4) is 0 Å². The lowest BCUT2D eigenvalue weighted by Crippen LogP contribution is -2.41. The van der Waals surface area contributed by atoms with E-state index in [1.165, 1.54) is 0 Å². The fourth-order valence-corrected chi connectivity index (χ4v) is 3.39. The zero-order valence-corrected chi connectivity index (χ0v) is 16.9. The van der Waals surface area contributed by atoms with Gasteiger partial charge in [-0.1, -0.05) is 18.2 Å². The second kappa shape index (κ2) is 9.88. The van der Waals surface area contributed by atoms with E-state index in [-0.39, 0.29) is 24.4 Å². The third-order valence-electron chi connectivity index (χ3n) is 5.02. The first-order chi connectivity index (χ1) is 12.6. The number of amides is 1. The van der Waals surface area contributed by atoms with Gasteiger partial charge < -0.3 is 15.4 Å². The number of nitrogens with zero attached hydrogens (tertiary/aromatic N) is 3. The molecule has 1 aliphatic heterocycles. The van der Waals surface area contributed by atoms with Crippen LogP contribution >= 0.6 is 12.4 Å². The first kappa shape index (κ1) is 21.4. The van der Waals surface area contributed by atoms with Gasteiger partial charge in [0.25, 0.3) is 5.91 Å². The summed E-state index contributed by atoms with van der Waals surface area (Å²) in [5.74, 6) is 0.0581. The normalized spacial score (nSPS) is 14.9. The molecule has 2 N–H and O–H groups in total. The summed E-state index contributed by atoms with van der Waals surface area (Å²) in [6.45, 7) is 6.81. The number of hydrogen-bond acceptors (Lipinski definition) is 4. The number of carbonyl (C=O) groups is 1. The zero-order valence-electron chi connectivity index (χ0n) is 16.1. The van der Waals surface area contributed by atoms with Crippen molar-refractivity contribution in [3.05, 3.63) is 47.3 Å². The van der Waals surface area contributed by atoms with Crippen LogP contribution in [-0.4, -0.2) is 52.9 Å². The summed E-state index contributed by atoms with van der Waals surface area (Å²) >= 11 is 0. The maximum Gasteiger partial charge on any atom is 0.257 e. The Bertz CT molecular complexity index is 754. The van der Waals surface area contributed by atoms with Crippen LogP contribution in [-0.2, 0) is 4.74 Å². The van der Waals surface area contributed by atoms with Crippen LogP contribution in [0.5, 0.6) is 0 Å². The number of aryl methyl sites for hydroxylation is 1. The molecule has 0 atom stereocenters. The molecule has 2 heterocycles. The van der Waals surface area contributed by atoms with Gasteiger partial charge >= 0.3 is 0 Å². The van der Waals surface area contributed by atoms with Crippen LogP contribution in [0.1, 0.15) is 40.9 Å². The van der Waals surface area contributed by atoms with Crippen molar-refractivity contribution in [3.63, 3.8) is 0 Å². The molecule has 1 aromatic heterocycles. The Morgan fingerprint density at radius 2 is 1.96 bits per heavy atom. The molecule has 0 radical (unpaired) electrons. The molecule has 0 spiro atoms. The lowest BCUT2D eigenvalue weighted by Gasteiger charge is -2.32. The average molecular weight is 393 g/mol. The second-order valence-corrected chi connectivity index (χ2v) is 6.85. The van der Waals surface area contributed by atoms with E-state index in [2.05, 4.69) is 5.10 Å². The Balaban J connectivity index is 0.00000261. The molecular formula is C20H29ClN4O2. The maximum absolute atomic E-state index is 12.9. The van der Waals surface area contributed by atoms with Crippen molar-refractivity contribution in [1.29, 1.82) is 0 Å². The third kappa shape index (κ3) is 4.89. The Labute approximate surface area is 167 Å². The minimum Gasteiger partial charge on any atom is -0.378 e. The molecule has 1 aromatic carbocycles. The fraction of sp³-hybridized carbons (Fsp3) is 0.500. The van der Waals surface area contributed by atoms with E-state index in [1.807, 2.05) is 47.7 Å². The Kier molecular flexibility index (Phi) is 7.83. The van der Waals surface area contributed by atoms with Gasteiger partial charge in [-0.15, -0.1) is 12.4 Å². The van der Waals surface area contributed by atoms with Gasteiger partial charge in [-0.05, 0) is 51.3 Å². The number of rotatable bonds is 6. The quantitative estimate of drug-likeness (QED) is 0.767. The molecule has 3 rings (SSSR count). The highest BCUT2D eigenvalue weighted by Gasteiger charge is 2.26. The Morgan fingerprint density at radius 1 is 1.26 bits per heavy atom. The van der Waals surface area contributed by atoms with Crippen molar-refractivity contribution in [2.45, 2.75) is 39.2 Å². The summed E-state index contributed by atoms with van der Waals surface area (Å²) in [5, 5.41) is 4.46. The van der Waals surface area contributed by atoms with Crippen molar-refractivity contribution in [2.75, 3.05) is 26.2 Å². The summed E-state index contributed by atoms with van der Waals surface area (Å²) in [5.41, 5.74) is 9.20. The number of halogens is 1. The van der Waals surface area contributed by atoms with Gasteiger partial charge in [0.15, 0.2) is 0 Å². The second-order valence-electron chi connectivity index (χ2n) is 6.85. The summed E-state index contributed by atoms with van der Waals surface area (Å²) in [7, 11) is 0. The summed E-state index contributed by atoms with van der Waals surface area (Å²) < 4.78 is 7.67. The number of aromatic nitrogens is 2. The van der Waals surface area contributed by atoms with Crippen LogP contribution < -0.4 is 5.73 Å². The average Bonchev–Trinajstić information content (AvgIpc) is 3.03. The number of carbonyl (C=O) groups excluding carboxylic acids is 1. The number of benzene rings is 1. The monoisotopic (exact) mass is 392 g/mol. The van der Waals surface area contributed by atoms with Gasteiger partial charge in [-0.25, -0.2) is 4.68 Å². The van der Waals surface area contributed by atoms with Gasteiger partial charge in [-0.2, -0.15) is 5.10 Å². The summed E-state index contributed by atoms with van der Waals surface area (Å²) in [6, 6.07) is 8.06. The molecule has 0 bridgehead atoms. The van der Waals surface area contributed by atoms with Gasteiger partial charge in [0, 0.05) is 19.7 Å². The third-order valence-corrected chi connectivity index (χ3v) is 5.02. The Morgan fingerprint density at radius 3 is 2.63 bits per heavy atom. The molecule has 27 heavy (non-hydrogen) atoms. The van der Waals surface area contributed by atoms with E-state index in [1.54, 1.807) is 6.20 Å². The number of piperidine rings is 1. The lowest BCUT2D eigenvalue weighted by molar-refractivity contribution is 0.00843. The molecule has 0 saturated carbocycles. The van der Waals surface area contributed by atoms with Crippen LogP contribution in [0.25, 0.3) is 5.69 Å². The molecule has 1 fully saturated rings. The summed E-state index contributed by atoms with van der Waals surface area (Å²) in [4.78, 5) is 14.8. The molecule has 148 valence electrons. The Hall–Kier alpha value is -1.89. The van der Waals surface area contributed by atoms with E-state index >= 15 is 0 Å². The number of hydrogen-bond donors (Lipinski definition) is 1. The van der Waals surface area contributed by atoms with Gasteiger partial charge in [0.1, 0.15) is 0 Å². The largest absolute Gasteiger partial charge is 0.378 e. The molecule has 1 amide bonds. The molecule has 1 aliphatic rings. The molecule has 2 aromatic rings. The van der Waals surface area contributed by atoms with Crippen LogP contribution in [0.15, 0.2) is 30.5 Å². The van der Waals surface area contributed by atoms with E-state index in [9.17, 15) is 4.79 Å². The molecule has 0 unspecified atom stereocenters. The first-order valence-electron chi connectivity index (χ1n) is 9.33. The van der Waals surface area contributed by atoms with Gasteiger partial charge in [0.2, 0.25) is 0 Å². The van der Waals surface area contributed by atoms with Crippen molar-refractivity contribution in [2.24, 2.45) is 5.73 Å². The van der Waals surface area contributed by atoms with Crippen molar-refractivity contribution >= 4 is 18.3 Å². The van der Waals surface area contributed by atoms with Crippen molar-refractivity contribution < 1.29 is 9.53 Å². The van der Waals surface area contributed by atoms with E-state index in [0.29, 0.717) is 18.7 Å². The lowest BCUT2D eigenvalue weighted by atomic mass is 10.1. The molecule has 7 heteroatoms. The van der Waals surface area contributed by atoms with Crippen LogP contribution in [0.4, 0.5) is 0 Å². The SMILES string of the molecule is Cc1ccccc1-n1ncc(C(=O)N2CCC(OCCCN)CC2)c1C.Cl. The van der Waals surface area contributed by atoms with Crippen LogP contribution in [0.2, 0.25) is 0 Å². The van der Waals surface area contributed by atoms with Crippen molar-refractivity contribution in [1.82, 2.24) is 14.7 Å². The minimum absolute atomic E-state index is 0. The molecule has 1 saturated heterocycles. The predicted octanol–water partition coefficient (Wildman–Crippen LogP) is 2.88. The molecule has 0 aliphatic carbocycles. The number of nitrogens with two attached hydrogens (primary N) is 1. The van der Waals surface area contributed by atoms with Crippen LogP contribution in [0, 0.1) is 13.8 Å². The minimum atomic E-state index is 0. The van der Waals surface area contributed by atoms with Crippen molar-refractivity contribution in [3.8, 4) is 5.69 Å². The highest BCUT2D eigenvalue weighted by Crippen LogP contribution is 2.21. The highest BCUT2D eigenvalue weighted by molar-refractivity contribution is 5.95. The predicted molar refractivity (Wildman–Crippen MR) is 109 cm³/mol. The van der Waals surface area contributed by atoms with Gasteiger partial charge in [-0.3, -0.25) is 4.79 Å². The standard InChI is InChI=1S/C20H28N4O2.ClH/c1-15-6-3-4-7-19(15)24-16(2)18(14-22-24)20(25)23-11-8-17(9-12-23)26-13-5-10-21;/h3-4,6-7,14,17H,5,8-13,21H2,1-2H3;1H. The molecular weight excluding hydrogens is 364 g/mol. The number of para-hydroxylation sites is 1. The van der Waals surface area contributed by atoms with E-state index < -0.39 is 0 Å². The smallest absolute Gasteiger partial charge is 0.257 e. The summed E-state index contributed by atoms with van der Waals surface area (Å²) in [6.07, 6.45) is 4.56. The maximum atomic E-state index is 12.9. The topological polar surface area (TPSA) is 73.4 Å². The van der Waals surface area contributed by atoms with E-state index in [4.69, 9.17) is 10.5 Å². The number of likely N-dealkylation sites (tertiary alicyclic amines) is 1. The van der Waals surface area contributed by atoms with E-state index in [0.717, 1.165) is 49.3 Å². The highest BCUT2D eigenvalue weighted by atomic mass is 35.5. The zero-order chi connectivity index (χ0) is 18.5.